The number of hydrogen-bond donors (Lipinski definition) is 3. The van der Waals surface area contributed by atoms with Crippen molar-refractivity contribution < 1.29 is 27.1 Å². The number of anilines is 3. The first-order valence-corrected chi connectivity index (χ1v) is 8.56. The molecule has 0 radical (unpaired) electrons. The quantitative estimate of drug-likeness (QED) is 0.411. The molecule has 3 rings (SSSR count). The average Bonchev–Trinajstić information content (AvgIpc) is 2.70. The Morgan fingerprint density at radius 3 is 2.40 bits per heavy atom. The summed E-state index contributed by atoms with van der Waals surface area (Å²) in [4.78, 5) is 15.5. The number of pyridine rings is 1. The van der Waals surface area contributed by atoms with Gasteiger partial charge in [0.25, 0.3) is 5.91 Å². The number of amides is 1. The van der Waals surface area contributed by atoms with Gasteiger partial charge in [-0.3, -0.25) is 9.78 Å². The van der Waals surface area contributed by atoms with Crippen LogP contribution >= 0.6 is 0 Å². The highest BCUT2D eigenvalue weighted by Gasteiger charge is 2.34. The van der Waals surface area contributed by atoms with Gasteiger partial charge in [-0.2, -0.15) is 13.2 Å². The molecule has 1 heterocycles. The van der Waals surface area contributed by atoms with Crippen LogP contribution in [-0.4, -0.2) is 17.9 Å². The second kappa shape index (κ2) is 8.27. The Bertz CT molecular complexity index is 1090. The van der Waals surface area contributed by atoms with Crippen LogP contribution in [-0.2, 0) is 6.18 Å². The number of carbonyl (C=O) groups excluding carboxylic acids is 1. The Balaban J connectivity index is 1.83. The number of benzene rings is 2. The van der Waals surface area contributed by atoms with Gasteiger partial charge in [-0.1, -0.05) is 0 Å². The molecule has 0 aliphatic rings. The summed E-state index contributed by atoms with van der Waals surface area (Å²) in [6.07, 6.45) is -3.31. The summed E-state index contributed by atoms with van der Waals surface area (Å²) >= 11 is 0. The second-order valence-electron chi connectivity index (χ2n) is 6.13. The molecule has 0 bridgehead atoms. The summed E-state index contributed by atoms with van der Waals surface area (Å²) in [5.74, 6) is -0.935. The van der Waals surface area contributed by atoms with E-state index < -0.39 is 23.5 Å². The zero-order chi connectivity index (χ0) is 21.9. The summed E-state index contributed by atoms with van der Waals surface area (Å²) in [6.45, 7) is 0. The SMILES string of the molecule is CNC(=O)c1cc(Oc2ccc(Nc3ccc(N)cc3C(F)(F)F)c(F)c2)ccn1. The molecule has 30 heavy (non-hydrogen) atoms. The van der Waals surface area contributed by atoms with E-state index in [0.717, 1.165) is 18.2 Å². The molecule has 4 N–H and O–H groups in total. The lowest BCUT2D eigenvalue weighted by Crippen LogP contribution is -2.18. The number of hydrogen-bond acceptors (Lipinski definition) is 5. The number of nitrogens with two attached hydrogens (primary N) is 1. The lowest BCUT2D eigenvalue weighted by atomic mass is 10.1. The normalized spacial score (nSPS) is 11.1. The van der Waals surface area contributed by atoms with Crippen molar-refractivity contribution >= 4 is 23.0 Å². The van der Waals surface area contributed by atoms with Crippen molar-refractivity contribution in [2.45, 2.75) is 6.18 Å². The van der Waals surface area contributed by atoms with Crippen LogP contribution in [0.25, 0.3) is 0 Å². The van der Waals surface area contributed by atoms with Crippen molar-refractivity contribution in [3.8, 4) is 11.5 Å². The van der Waals surface area contributed by atoms with E-state index in [4.69, 9.17) is 10.5 Å². The highest BCUT2D eigenvalue weighted by molar-refractivity contribution is 5.92. The third-order valence-corrected chi connectivity index (χ3v) is 3.99. The van der Waals surface area contributed by atoms with Crippen LogP contribution in [0.4, 0.5) is 34.6 Å². The van der Waals surface area contributed by atoms with E-state index in [2.05, 4.69) is 15.6 Å². The van der Waals surface area contributed by atoms with Crippen molar-refractivity contribution in [3.63, 3.8) is 0 Å². The molecule has 0 spiro atoms. The van der Waals surface area contributed by atoms with E-state index in [1.54, 1.807) is 0 Å². The summed E-state index contributed by atoms with van der Waals surface area (Å²) in [5.41, 5.74) is 3.94. The monoisotopic (exact) mass is 420 g/mol. The van der Waals surface area contributed by atoms with E-state index in [-0.39, 0.29) is 34.3 Å². The van der Waals surface area contributed by atoms with Crippen LogP contribution < -0.4 is 21.1 Å². The average molecular weight is 420 g/mol. The van der Waals surface area contributed by atoms with Crippen molar-refractivity contribution in [3.05, 3.63) is 71.8 Å². The fourth-order valence-electron chi connectivity index (χ4n) is 2.57. The number of nitrogen functional groups attached to an aromatic ring is 1. The van der Waals surface area contributed by atoms with E-state index in [1.165, 1.54) is 43.6 Å². The number of aromatic nitrogens is 1. The van der Waals surface area contributed by atoms with Crippen LogP contribution in [0.2, 0.25) is 0 Å². The maximum atomic E-state index is 14.5. The summed E-state index contributed by atoms with van der Waals surface area (Å²) in [7, 11) is 1.45. The molecular weight excluding hydrogens is 404 g/mol. The molecule has 0 aliphatic carbocycles. The largest absolute Gasteiger partial charge is 0.457 e. The van der Waals surface area contributed by atoms with Crippen molar-refractivity contribution in [1.82, 2.24) is 10.3 Å². The number of nitrogens with zero attached hydrogens (tertiary/aromatic N) is 1. The van der Waals surface area contributed by atoms with Gasteiger partial charge in [-0.25, -0.2) is 4.39 Å². The highest BCUT2D eigenvalue weighted by atomic mass is 19.4. The maximum absolute atomic E-state index is 14.5. The first kappa shape index (κ1) is 20.9. The number of rotatable bonds is 5. The van der Waals surface area contributed by atoms with Crippen LogP contribution in [0, 0.1) is 5.82 Å². The molecule has 1 amide bonds. The number of halogens is 4. The minimum Gasteiger partial charge on any atom is -0.457 e. The Labute approximate surface area is 168 Å². The number of nitrogens with one attached hydrogen (secondary N) is 2. The fourth-order valence-corrected chi connectivity index (χ4v) is 2.57. The van der Waals surface area contributed by atoms with Gasteiger partial charge in [0, 0.05) is 31.1 Å². The van der Waals surface area contributed by atoms with Gasteiger partial charge in [0.15, 0.2) is 0 Å². The van der Waals surface area contributed by atoms with Crippen LogP contribution in [0.15, 0.2) is 54.7 Å². The predicted molar refractivity (Wildman–Crippen MR) is 103 cm³/mol. The van der Waals surface area contributed by atoms with Gasteiger partial charge in [0.05, 0.1) is 16.9 Å². The van der Waals surface area contributed by atoms with Gasteiger partial charge < -0.3 is 21.1 Å². The third kappa shape index (κ3) is 4.77. The zero-order valence-electron chi connectivity index (χ0n) is 15.5. The molecule has 6 nitrogen and oxygen atoms in total. The number of carbonyl (C=O) groups is 1. The Morgan fingerprint density at radius 2 is 1.73 bits per heavy atom. The van der Waals surface area contributed by atoms with Crippen molar-refractivity contribution in [2.75, 3.05) is 18.1 Å². The third-order valence-electron chi connectivity index (χ3n) is 3.99. The van der Waals surface area contributed by atoms with Crippen molar-refractivity contribution in [2.24, 2.45) is 0 Å². The lowest BCUT2D eigenvalue weighted by molar-refractivity contribution is -0.136. The fraction of sp³-hybridized carbons (Fsp3) is 0.100. The molecule has 1 aromatic heterocycles. The van der Waals surface area contributed by atoms with Crippen LogP contribution in [0.1, 0.15) is 16.1 Å². The molecule has 3 aromatic rings. The Morgan fingerprint density at radius 1 is 1.03 bits per heavy atom. The summed E-state index contributed by atoms with van der Waals surface area (Å²) in [5, 5.41) is 4.85. The number of ether oxygens (including phenoxy) is 1. The molecule has 0 aliphatic heterocycles. The zero-order valence-corrected chi connectivity index (χ0v) is 15.5. The molecule has 2 aromatic carbocycles. The number of alkyl halides is 3. The second-order valence-corrected chi connectivity index (χ2v) is 6.13. The minimum absolute atomic E-state index is 0.0643. The van der Waals surface area contributed by atoms with E-state index in [9.17, 15) is 22.4 Å². The van der Waals surface area contributed by atoms with Gasteiger partial charge in [-0.15, -0.1) is 0 Å². The summed E-state index contributed by atoms with van der Waals surface area (Å²) in [6, 6.07) is 9.63. The maximum Gasteiger partial charge on any atom is 0.418 e. The molecule has 0 fully saturated rings. The molecule has 0 saturated heterocycles. The molecule has 156 valence electrons. The predicted octanol–water partition coefficient (Wildman–Crippen LogP) is 4.72. The standard InChI is InChI=1S/C20H16F4N4O2/c1-26-19(29)18-10-13(6-7-27-18)30-12-3-5-17(15(21)9-12)28-16-4-2-11(25)8-14(16)20(22,23)24/h2-10,28H,25H2,1H3,(H,26,29). The molecule has 0 unspecified atom stereocenters. The Hall–Kier alpha value is -3.82. The highest BCUT2D eigenvalue weighted by Crippen LogP contribution is 2.38. The van der Waals surface area contributed by atoms with Gasteiger partial charge in [0.2, 0.25) is 0 Å². The first-order chi connectivity index (χ1) is 14.2. The minimum atomic E-state index is -4.67. The van der Waals surface area contributed by atoms with Gasteiger partial charge >= 0.3 is 6.18 Å². The van der Waals surface area contributed by atoms with Crippen molar-refractivity contribution in [1.29, 1.82) is 0 Å². The molecule has 10 heteroatoms. The molecule has 0 atom stereocenters. The van der Waals surface area contributed by atoms with Gasteiger partial charge in [0.1, 0.15) is 23.0 Å². The van der Waals surface area contributed by atoms with E-state index in [1.807, 2.05) is 0 Å². The topological polar surface area (TPSA) is 89.3 Å². The van der Waals surface area contributed by atoms with Gasteiger partial charge in [-0.05, 0) is 36.4 Å². The summed E-state index contributed by atoms with van der Waals surface area (Å²) < 4.78 is 59.6. The molecular formula is C20H16F4N4O2. The van der Waals surface area contributed by atoms with E-state index in [0.29, 0.717) is 0 Å². The Kier molecular flexibility index (Phi) is 5.77. The van der Waals surface area contributed by atoms with Crippen LogP contribution in [0.5, 0.6) is 11.5 Å². The lowest BCUT2D eigenvalue weighted by Gasteiger charge is -2.16. The first-order valence-electron chi connectivity index (χ1n) is 8.56. The smallest absolute Gasteiger partial charge is 0.418 e. The van der Waals surface area contributed by atoms with E-state index >= 15 is 0 Å². The molecule has 0 saturated carbocycles. The van der Waals surface area contributed by atoms with Crippen LogP contribution in [0.3, 0.4) is 0 Å².